The van der Waals surface area contributed by atoms with E-state index >= 15 is 0 Å². The second kappa shape index (κ2) is 3.97. The van der Waals surface area contributed by atoms with Crippen molar-refractivity contribution in [3.05, 3.63) is 0 Å². The van der Waals surface area contributed by atoms with Gasteiger partial charge < -0.3 is 25.5 Å². The van der Waals surface area contributed by atoms with Gasteiger partial charge in [0.2, 0.25) is 0 Å². The summed E-state index contributed by atoms with van der Waals surface area (Å²) < 4.78 is 0. The molecule has 2 saturated heterocycles. The van der Waals surface area contributed by atoms with Gasteiger partial charge in [-0.3, -0.25) is 4.90 Å². The molecular formula is C9H17NO5. The van der Waals surface area contributed by atoms with E-state index in [1.165, 1.54) is 0 Å². The zero-order valence-corrected chi connectivity index (χ0v) is 8.27. The van der Waals surface area contributed by atoms with Crippen LogP contribution in [0.15, 0.2) is 0 Å². The number of nitrogens with zero attached hydrogens (tertiary/aromatic N) is 1. The molecule has 15 heavy (non-hydrogen) atoms. The van der Waals surface area contributed by atoms with Crippen LogP contribution in [0.25, 0.3) is 0 Å². The highest BCUT2D eigenvalue weighted by Gasteiger charge is 2.55. The minimum atomic E-state index is -1.12. The molecule has 0 aliphatic carbocycles. The monoisotopic (exact) mass is 219 g/mol. The molecule has 2 rings (SSSR count). The van der Waals surface area contributed by atoms with Crippen LogP contribution in [0.3, 0.4) is 0 Å². The van der Waals surface area contributed by atoms with E-state index in [9.17, 15) is 20.4 Å². The van der Waals surface area contributed by atoms with Crippen LogP contribution in [0.1, 0.15) is 6.42 Å². The average molecular weight is 219 g/mol. The Labute approximate surface area is 87.4 Å². The lowest BCUT2D eigenvalue weighted by Crippen LogP contribution is -2.47. The van der Waals surface area contributed by atoms with Gasteiger partial charge in [0.1, 0.15) is 0 Å². The molecule has 0 spiro atoms. The zero-order valence-electron chi connectivity index (χ0n) is 8.27. The molecule has 6 atom stereocenters. The van der Waals surface area contributed by atoms with Gasteiger partial charge in [0.15, 0.2) is 0 Å². The Morgan fingerprint density at radius 1 is 1.20 bits per heavy atom. The molecule has 0 aromatic heterocycles. The lowest BCUT2D eigenvalue weighted by atomic mass is 10.0. The normalized spacial score (nSPS) is 48.2. The summed E-state index contributed by atoms with van der Waals surface area (Å²) >= 11 is 0. The van der Waals surface area contributed by atoms with Crippen molar-refractivity contribution in [1.82, 2.24) is 4.90 Å². The van der Waals surface area contributed by atoms with Crippen molar-refractivity contribution in [3.8, 4) is 0 Å². The van der Waals surface area contributed by atoms with Gasteiger partial charge in [-0.15, -0.1) is 0 Å². The van der Waals surface area contributed by atoms with E-state index in [0.717, 1.165) is 0 Å². The second-order valence-electron chi connectivity index (χ2n) is 4.31. The third-order valence-electron chi connectivity index (χ3n) is 3.47. The molecule has 0 saturated carbocycles. The molecule has 0 amide bonds. The molecule has 88 valence electrons. The number of hydrogen-bond donors (Lipinski definition) is 5. The van der Waals surface area contributed by atoms with Gasteiger partial charge in [0, 0.05) is 6.54 Å². The van der Waals surface area contributed by atoms with E-state index in [2.05, 4.69) is 0 Å². The van der Waals surface area contributed by atoms with Gasteiger partial charge in [-0.25, -0.2) is 0 Å². The predicted octanol–water partition coefficient (Wildman–Crippen LogP) is -3.12. The molecule has 0 aromatic rings. The molecule has 2 fully saturated rings. The van der Waals surface area contributed by atoms with Gasteiger partial charge in [0.25, 0.3) is 0 Å². The van der Waals surface area contributed by atoms with Crippen LogP contribution in [0, 0.1) is 0 Å². The maximum Gasteiger partial charge on any atom is 0.0996 e. The fourth-order valence-electron chi connectivity index (χ4n) is 2.75. The third-order valence-corrected chi connectivity index (χ3v) is 3.47. The highest BCUT2D eigenvalue weighted by Crippen LogP contribution is 2.34. The van der Waals surface area contributed by atoms with Gasteiger partial charge in [-0.05, 0) is 6.42 Å². The standard InChI is InChI=1S/C9H17NO5/c11-3-5(13)7-9(15)8(14)6-4(12)1-2-10(6)7/h4-9,11-15H,1-3H2/t4-,5+,6-,7+,8-,9+/m1/s1. The second-order valence-corrected chi connectivity index (χ2v) is 4.31. The fourth-order valence-corrected chi connectivity index (χ4v) is 2.75. The first-order valence-electron chi connectivity index (χ1n) is 5.16. The van der Waals surface area contributed by atoms with Crippen molar-refractivity contribution >= 4 is 0 Å². The van der Waals surface area contributed by atoms with E-state index in [-0.39, 0.29) is 0 Å². The van der Waals surface area contributed by atoms with Crippen molar-refractivity contribution in [1.29, 1.82) is 0 Å². The molecule has 0 unspecified atom stereocenters. The van der Waals surface area contributed by atoms with Crippen LogP contribution < -0.4 is 0 Å². The Morgan fingerprint density at radius 3 is 2.47 bits per heavy atom. The Hall–Kier alpha value is -0.240. The van der Waals surface area contributed by atoms with E-state index in [1.807, 2.05) is 0 Å². The number of hydrogen-bond acceptors (Lipinski definition) is 6. The van der Waals surface area contributed by atoms with Gasteiger partial charge in [-0.2, -0.15) is 0 Å². The van der Waals surface area contributed by atoms with Crippen LogP contribution in [0.2, 0.25) is 0 Å². The van der Waals surface area contributed by atoms with Crippen LogP contribution in [0.4, 0.5) is 0 Å². The van der Waals surface area contributed by atoms with E-state index in [4.69, 9.17) is 5.11 Å². The molecule has 5 N–H and O–H groups in total. The summed E-state index contributed by atoms with van der Waals surface area (Å²) in [4.78, 5) is 1.68. The molecule has 2 aliphatic rings. The predicted molar refractivity (Wildman–Crippen MR) is 50.0 cm³/mol. The van der Waals surface area contributed by atoms with E-state index in [1.54, 1.807) is 4.90 Å². The van der Waals surface area contributed by atoms with Crippen LogP contribution >= 0.6 is 0 Å². The van der Waals surface area contributed by atoms with Crippen molar-refractivity contribution in [3.63, 3.8) is 0 Å². The number of fused-ring (bicyclic) bond motifs is 1. The zero-order chi connectivity index (χ0) is 11.2. The smallest absolute Gasteiger partial charge is 0.0996 e. The first-order chi connectivity index (χ1) is 7.07. The summed E-state index contributed by atoms with van der Waals surface area (Å²) in [6.45, 7) is 0.0510. The lowest BCUT2D eigenvalue weighted by Gasteiger charge is -2.27. The first kappa shape index (κ1) is 11.3. The molecule has 2 heterocycles. The first-order valence-corrected chi connectivity index (χ1v) is 5.16. The van der Waals surface area contributed by atoms with Gasteiger partial charge in [0.05, 0.1) is 43.1 Å². The Balaban J connectivity index is 2.19. The summed E-state index contributed by atoms with van der Waals surface area (Å²) in [5, 5.41) is 47.4. The summed E-state index contributed by atoms with van der Waals surface area (Å²) in [6, 6.07) is -1.21. The number of rotatable bonds is 2. The van der Waals surface area contributed by atoms with Crippen molar-refractivity contribution in [2.75, 3.05) is 13.2 Å². The van der Waals surface area contributed by atoms with Crippen LogP contribution in [-0.4, -0.2) is 80.1 Å². The van der Waals surface area contributed by atoms with Gasteiger partial charge >= 0.3 is 0 Å². The number of aliphatic hydroxyl groups is 5. The SMILES string of the molecule is OC[C@H](O)[C@H]1[C@H](O)[C@H](O)[C@H]2[C@H](O)CCN12. The maximum absolute atomic E-state index is 9.71. The molecule has 0 bridgehead atoms. The van der Waals surface area contributed by atoms with Gasteiger partial charge in [-0.1, -0.05) is 0 Å². The quantitative estimate of drug-likeness (QED) is 0.336. The third kappa shape index (κ3) is 1.57. The Kier molecular flexibility index (Phi) is 2.98. The highest BCUT2D eigenvalue weighted by atomic mass is 16.4. The lowest BCUT2D eigenvalue weighted by molar-refractivity contribution is -0.0315. The molecule has 2 aliphatic heterocycles. The Morgan fingerprint density at radius 2 is 1.87 bits per heavy atom. The van der Waals surface area contributed by atoms with Crippen molar-refractivity contribution in [2.45, 2.75) is 42.9 Å². The van der Waals surface area contributed by atoms with Crippen molar-refractivity contribution in [2.24, 2.45) is 0 Å². The largest absolute Gasteiger partial charge is 0.394 e. The average Bonchev–Trinajstić information content (AvgIpc) is 2.69. The molecule has 0 radical (unpaired) electrons. The molecule has 0 aromatic carbocycles. The Bertz CT molecular complexity index is 239. The topological polar surface area (TPSA) is 104 Å². The molecule has 6 nitrogen and oxygen atoms in total. The van der Waals surface area contributed by atoms with E-state index < -0.39 is 43.1 Å². The molecular weight excluding hydrogens is 202 g/mol. The van der Waals surface area contributed by atoms with Crippen molar-refractivity contribution < 1.29 is 25.5 Å². The summed E-state index contributed by atoms with van der Waals surface area (Å²) in [5.74, 6) is 0. The minimum Gasteiger partial charge on any atom is -0.394 e. The summed E-state index contributed by atoms with van der Waals surface area (Å²) in [7, 11) is 0. The van der Waals surface area contributed by atoms with Crippen LogP contribution in [-0.2, 0) is 0 Å². The minimum absolute atomic E-state index is 0.465. The maximum atomic E-state index is 9.71. The van der Waals surface area contributed by atoms with Crippen LogP contribution in [0.5, 0.6) is 0 Å². The summed E-state index contributed by atoms with van der Waals surface area (Å²) in [6.07, 6.45) is -3.43. The highest BCUT2D eigenvalue weighted by molar-refractivity contribution is 5.08. The number of aliphatic hydroxyl groups excluding tert-OH is 5. The fraction of sp³-hybridized carbons (Fsp3) is 1.00. The molecule has 6 heteroatoms. The summed E-state index contributed by atoms with van der Waals surface area (Å²) in [5.41, 5.74) is 0. The van der Waals surface area contributed by atoms with E-state index in [0.29, 0.717) is 13.0 Å².